The first-order valence-corrected chi connectivity index (χ1v) is 7.99. The van der Waals surface area contributed by atoms with E-state index in [0.717, 1.165) is 22.2 Å². The fraction of sp³-hybridized carbons (Fsp3) is 0.438. The van der Waals surface area contributed by atoms with E-state index in [1.54, 1.807) is 0 Å². The summed E-state index contributed by atoms with van der Waals surface area (Å²) in [6, 6.07) is 6.86. The molecule has 1 atom stereocenters. The number of hydrogen-bond acceptors (Lipinski definition) is 8. The zero-order valence-electron chi connectivity index (χ0n) is 13.6. The lowest BCUT2D eigenvalue weighted by Crippen LogP contribution is -2.45. The van der Waals surface area contributed by atoms with E-state index in [1.165, 1.54) is 19.1 Å². The van der Waals surface area contributed by atoms with Crippen molar-refractivity contribution in [1.29, 1.82) is 5.26 Å². The van der Waals surface area contributed by atoms with Gasteiger partial charge in [-0.25, -0.2) is 0 Å². The van der Waals surface area contributed by atoms with Crippen LogP contribution < -0.4 is 0 Å². The maximum atomic E-state index is 11.6. The highest BCUT2D eigenvalue weighted by molar-refractivity contribution is 8.03. The van der Waals surface area contributed by atoms with Crippen molar-refractivity contribution >= 4 is 23.7 Å². The van der Waals surface area contributed by atoms with Gasteiger partial charge < -0.3 is 14.6 Å². The predicted octanol–water partition coefficient (Wildman–Crippen LogP) is 0.811. The summed E-state index contributed by atoms with van der Waals surface area (Å²) in [5.74, 6) is -1.00. The Kier molecular flexibility index (Phi) is 8.86. The third-order valence-electron chi connectivity index (χ3n) is 3.41. The summed E-state index contributed by atoms with van der Waals surface area (Å²) in [6.45, 7) is -0.485. The molecule has 0 amide bonds. The predicted molar refractivity (Wildman–Crippen MR) is 88.1 cm³/mol. The summed E-state index contributed by atoms with van der Waals surface area (Å²) in [5, 5.41) is 20.3. The molecular formula is C16H20N2O5S. The average molecular weight is 352 g/mol. The largest absolute Gasteiger partial charge is 0.468 e. The van der Waals surface area contributed by atoms with E-state index in [2.05, 4.69) is 9.47 Å². The van der Waals surface area contributed by atoms with Crippen LogP contribution in [-0.2, 0) is 25.5 Å². The lowest BCUT2D eigenvalue weighted by molar-refractivity contribution is -0.147. The monoisotopic (exact) mass is 352 g/mol. The SMILES string of the molecule is COC(=O)CN(CC(=O)OC)C(CO)Cc1ccc(SC#N)cc1. The molecule has 130 valence electrons. The quantitative estimate of drug-likeness (QED) is 0.396. The first-order valence-electron chi connectivity index (χ1n) is 7.17. The van der Waals surface area contributed by atoms with Crippen molar-refractivity contribution in [3.8, 4) is 5.40 Å². The van der Waals surface area contributed by atoms with Gasteiger partial charge in [-0.05, 0) is 35.9 Å². The molecule has 0 fully saturated rings. The fourth-order valence-electron chi connectivity index (χ4n) is 2.10. The molecule has 1 unspecified atom stereocenters. The van der Waals surface area contributed by atoms with Crippen LogP contribution in [0.5, 0.6) is 0 Å². The third kappa shape index (κ3) is 6.58. The molecule has 7 nitrogen and oxygen atoms in total. The number of carbonyl (C=O) groups excluding carboxylic acids is 2. The number of nitriles is 1. The van der Waals surface area contributed by atoms with E-state index < -0.39 is 18.0 Å². The molecule has 0 spiro atoms. The van der Waals surface area contributed by atoms with E-state index in [9.17, 15) is 14.7 Å². The van der Waals surface area contributed by atoms with Crippen LogP contribution in [0.4, 0.5) is 0 Å². The Bertz CT molecular complexity index is 567. The number of aliphatic hydroxyl groups is 1. The van der Waals surface area contributed by atoms with Gasteiger partial charge in [0.25, 0.3) is 0 Å². The molecule has 0 aliphatic rings. The zero-order chi connectivity index (χ0) is 17.9. The van der Waals surface area contributed by atoms with E-state index in [-0.39, 0.29) is 19.7 Å². The van der Waals surface area contributed by atoms with Gasteiger partial charge in [0.05, 0.1) is 33.9 Å². The number of methoxy groups -OCH3 is 2. The molecule has 0 saturated carbocycles. The standard InChI is InChI=1S/C16H20N2O5S/c1-22-15(20)8-18(9-16(21)23-2)13(10-19)7-12-3-5-14(6-4-12)24-11-17/h3-6,13,19H,7-10H2,1-2H3. The summed E-state index contributed by atoms with van der Waals surface area (Å²) in [6.07, 6.45) is 0.433. The van der Waals surface area contributed by atoms with E-state index >= 15 is 0 Å². The number of hydrogen-bond donors (Lipinski definition) is 1. The molecule has 1 N–H and O–H groups in total. The van der Waals surface area contributed by atoms with Crippen LogP contribution in [0.3, 0.4) is 0 Å². The van der Waals surface area contributed by atoms with Crippen LogP contribution in [-0.4, -0.2) is 61.9 Å². The molecule has 0 aliphatic heterocycles. The number of carbonyl (C=O) groups is 2. The molecule has 1 aromatic rings. The molecule has 0 saturated heterocycles. The van der Waals surface area contributed by atoms with E-state index in [4.69, 9.17) is 5.26 Å². The van der Waals surface area contributed by atoms with Gasteiger partial charge in [-0.15, -0.1) is 0 Å². The molecule has 8 heteroatoms. The van der Waals surface area contributed by atoms with Crippen molar-refractivity contribution in [2.45, 2.75) is 17.4 Å². The molecule has 0 heterocycles. The van der Waals surface area contributed by atoms with Crippen molar-refractivity contribution in [3.63, 3.8) is 0 Å². The highest BCUT2D eigenvalue weighted by Crippen LogP contribution is 2.18. The van der Waals surface area contributed by atoms with Crippen molar-refractivity contribution in [2.75, 3.05) is 33.9 Å². The van der Waals surface area contributed by atoms with Gasteiger partial charge in [0, 0.05) is 10.9 Å². The van der Waals surface area contributed by atoms with Gasteiger partial charge >= 0.3 is 11.9 Å². The number of ether oxygens (including phenoxy) is 2. The number of thioether (sulfide) groups is 1. The number of nitrogens with zero attached hydrogens (tertiary/aromatic N) is 2. The summed E-state index contributed by atoms with van der Waals surface area (Å²) < 4.78 is 9.27. The minimum Gasteiger partial charge on any atom is -0.468 e. The summed E-state index contributed by atoms with van der Waals surface area (Å²) in [4.78, 5) is 25.4. The van der Waals surface area contributed by atoms with Gasteiger partial charge in [-0.1, -0.05) is 12.1 Å². The van der Waals surface area contributed by atoms with Gasteiger partial charge in [-0.3, -0.25) is 14.5 Å². The Balaban J connectivity index is 2.85. The maximum Gasteiger partial charge on any atom is 0.319 e. The molecule has 0 aliphatic carbocycles. The summed E-state index contributed by atoms with van der Waals surface area (Å²) >= 11 is 1.06. The van der Waals surface area contributed by atoms with Crippen LogP contribution >= 0.6 is 11.8 Å². The Morgan fingerprint density at radius 3 is 2.17 bits per heavy atom. The Morgan fingerprint density at radius 1 is 1.21 bits per heavy atom. The minimum absolute atomic E-state index is 0.126. The van der Waals surface area contributed by atoms with Crippen LogP contribution in [0.1, 0.15) is 5.56 Å². The number of aliphatic hydroxyl groups excluding tert-OH is 1. The lowest BCUT2D eigenvalue weighted by Gasteiger charge is -2.28. The van der Waals surface area contributed by atoms with Crippen LogP contribution in [0, 0.1) is 10.7 Å². The second-order valence-corrected chi connectivity index (χ2v) is 5.79. The Morgan fingerprint density at radius 2 is 1.75 bits per heavy atom. The second kappa shape index (κ2) is 10.6. The highest BCUT2D eigenvalue weighted by Gasteiger charge is 2.24. The van der Waals surface area contributed by atoms with Gasteiger partial charge in [0.15, 0.2) is 0 Å². The number of rotatable bonds is 9. The Labute approximate surface area is 145 Å². The maximum absolute atomic E-state index is 11.6. The molecule has 24 heavy (non-hydrogen) atoms. The molecular weight excluding hydrogens is 332 g/mol. The topological polar surface area (TPSA) is 99.9 Å². The van der Waals surface area contributed by atoms with Gasteiger partial charge in [-0.2, -0.15) is 5.26 Å². The molecule has 1 rings (SSSR count). The van der Waals surface area contributed by atoms with E-state index in [1.807, 2.05) is 29.7 Å². The van der Waals surface area contributed by atoms with Crippen molar-refractivity contribution in [2.24, 2.45) is 0 Å². The summed E-state index contributed by atoms with van der Waals surface area (Å²) in [5.41, 5.74) is 0.913. The first kappa shape index (κ1) is 20.0. The van der Waals surface area contributed by atoms with Crippen molar-refractivity contribution in [3.05, 3.63) is 29.8 Å². The third-order valence-corrected chi connectivity index (χ3v) is 4.00. The molecule has 0 radical (unpaired) electrons. The van der Waals surface area contributed by atoms with Crippen molar-refractivity contribution < 1.29 is 24.2 Å². The zero-order valence-corrected chi connectivity index (χ0v) is 14.4. The Hall–Kier alpha value is -2.08. The normalized spacial score (nSPS) is 11.6. The van der Waals surface area contributed by atoms with E-state index in [0.29, 0.717) is 6.42 Å². The lowest BCUT2D eigenvalue weighted by atomic mass is 10.0. The molecule has 1 aromatic carbocycles. The van der Waals surface area contributed by atoms with Gasteiger partial charge in [0.2, 0.25) is 0 Å². The highest BCUT2D eigenvalue weighted by atomic mass is 32.2. The molecule has 0 bridgehead atoms. The van der Waals surface area contributed by atoms with Crippen LogP contribution in [0.15, 0.2) is 29.2 Å². The van der Waals surface area contributed by atoms with Crippen molar-refractivity contribution in [1.82, 2.24) is 4.90 Å². The van der Waals surface area contributed by atoms with Gasteiger partial charge in [0.1, 0.15) is 5.40 Å². The van der Waals surface area contributed by atoms with Crippen LogP contribution in [0.2, 0.25) is 0 Å². The number of benzene rings is 1. The first-order chi connectivity index (χ1) is 11.5. The second-order valence-electron chi connectivity index (χ2n) is 4.94. The smallest absolute Gasteiger partial charge is 0.319 e. The average Bonchev–Trinajstić information content (AvgIpc) is 2.60. The summed E-state index contributed by atoms with van der Waals surface area (Å²) in [7, 11) is 2.52. The molecule has 0 aromatic heterocycles. The van der Waals surface area contributed by atoms with Crippen LogP contribution in [0.25, 0.3) is 0 Å². The number of esters is 2. The fourth-order valence-corrected chi connectivity index (χ4v) is 2.48. The number of thiocyanates is 1. The minimum atomic E-state index is -0.502.